The van der Waals surface area contributed by atoms with Gasteiger partial charge in [0.2, 0.25) is 0 Å². The summed E-state index contributed by atoms with van der Waals surface area (Å²) in [5, 5.41) is 8.50. The van der Waals surface area contributed by atoms with Crippen LogP contribution in [0, 0.1) is 0 Å². The molecule has 0 fully saturated rings. The fraction of sp³-hybridized carbons (Fsp3) is 0.111. The van der Waals surface area contributed by atoms with Crippen LogP contribution in [0.5, 0.6) is 0 Å². The Kier molecular flexibility index (Phi) is 4.41. The summed E-state index contributed by atoms with van der Waals surface area (Å²) in [7, 11) is 0. The highest BCUT2D eigenvalue weighted by atomic mass is 19.4. The minimum absolute atomic E-state index is 0.0129. The number of alkyl halides is 3. The molecule has 3 heterocycles. The van der Waals surface area contributed by atoms with Crippen LogP contribution in [0.3, 0.4) is 0 Å². The number of hydrogen-bond donors (Lipinski definition) is 3. The fourth-order valence-electron chi connectivity index (χ4n) is 2.86. The third-order valence-electron chi connectivity index (χ3n) is 4.23. The number of halogens is 3. The molecule has 0 saturated heterocycles. The number of carbonyl (C=O) groups is 1. The van der Waals surface area contributed by atoms with Crippen molar-refractivity contribution in [2.45, 2.75) is 12.7 Å². The Morgan fingerprint density at radius 3 is 2.69 bits per heavy atom. The van der Waals surface area contributed by atoms with Crippen LogP contribution in [-0.4, -0.2) is 26.1 Å². The third-order valence-corrected chi connectivity index (χ3v) is 4.23. The largest absolute Gasteiger partial charge is 0.451 e. The third kappa shape index (κ3) is 3.61. The minimum atomic E-state index is -4.75. The van der Waals surface area contributed by atoms with Crippen molar-refractivity contribution >= 4 is 16.8 Å². The van der Waals surface area contributed by atoms with Gasteiger partial charge in [-0.3, -0.25) is 14.7 Å². The van der Waals surface area contributed by atoms with E-state index in [9.17, 15) is 22.8 Å². The van der Waals surface area contributed by atoms with Crippen molar-refractivity contribution < 1.29 is 22.4 Å². The van der Waals surface area contributed by atoms with Gasteiger partial charge in [0.05, 0.1) is 29.5 Å². The van der Waals surface area contributed by atoms with E-state index in [2.05, 4.69) is 25.5 Å². The van der Waals surface area contributed by atoms with Gasteiger partial charge in [-0.25, -0.2) is 4.98 Å². The van der Waals surface area contributed by atoms with Gasteiger partial charge in [0.15, 0.2) is 11.8 Å². The molecule has 0 spiro atoms. The summed E-state index contributed by atoms with van der Waals surface area (Å²) >= 11 is 0. The molecule has 0 aliphatic heterocycles. The molecule has 0 atom stereocenters. The summed E-state index contributed by atoms with van der Waals surface area (Å²) < 4.78 is 45.8. The summed E-state index contributed by atoms with van der Waals surface area (Å²) in [5.41, 5.74) is -1.56. The number of oxazole rings is 1. The average molecular weight is 403 g/mol. The highest BCUT2D eigenvalue weighted by Gasteiger charge is 2.34. The Hall–Kier alpha value is -3.89. The van der Waals surface area contributed by atoms with Gasteiger partial charge in [-0.2, -0.15) is 18.3 Å². The van der Waals surface area contributed by atoms with Crippen molar-refractivity contribution in [3.05, 3.63) is 70.4 Å². The maximum absolute atomic E-state index is 13.7. The first kappa shape index (κ1) is 18.5. The van der Waals surface area contributed by atoms with Gasteiger partial charge in [-0.1, -0.05) is 0 Å². The maximum atomic E-state index is 13.7. The quantitative estimate of drug-likeness (QED) is 0.485. The second-order valence-electron chi connectivity index (χ2n) is 6.14. The lowest BCUT2D eigenvalue weighted by molar-refractivity contribution is -0.136. The number of aromatic nitrogens is 4. The molecular formula is C18H12F3N5O3. The fourth-order valence-corrected chi connectivity index (χ4v) is 2.86. The van der Waals surface area contributed by atoms with E-state index in [-0.39, 0.29) is 23.2 Å². The monoisotopic (exact) mass is 403 g/mol. The van der Waals surface area contributed by atoms with Crippen LogP contribution >= 0.6 is 0 Å². The van der Waals surface area contributed by atoms with E-state index < -0.39 is 28.6 Å². The number of hydrogen-bond acceptors (Lipinski definition) is 5. The number of aromatic amines is 2. The normalized spacial score (nSPS) is 11.7. The number of nitrogens with zero attached hydrogens (tertiary/aromatic N) is 2. The highest BCUT2D eigenvalue weighted by Crippen LogP contribution is 2.36. The highest BCUT2D eigenvalue weighted by molar-refractivity contribution is 5.96. The second kappa shape index (κ2) is 6.93. The Morgan fingerprint density at radius 1 is 1.21 bits per heavy atom. The average Bonchev–Trinajstić information content (AvgIpc) is 3.38. The number of pyridine rings is 1. The Labute approximate surface area is 159 Å². The van der Waals surface area contributed by atoms with Crippen LogP contribution in [0.4, 0.5) is 13.2 Å². The van der Waals surface area contributed by atoms with Crippen LogP contribution in [0.25, 0.3) is 22.0 Å². The van der Waals surface area contributed by atoms with E-state index in [1.54, 1.807) is 0 Å². The number of nitrogens with one attached hydrogen (secondary N) is 3. The molecule has 4 aromatic rings. The predicted octanol–water partition coefficient (Wildman–Crippen LogP) is 2.86. The zero-order chi connectivity index (χ0) is 20.6. The van der Waals surface area contributed by atoms with Crippen LogP contribution in [0.15, 0.2) is 52.5 Å². The molecular weight excluding hydrogens is 391 g/mol. The van der Waals surface area contributed by atoms with Crippen LogP contribution in [-0.2, 0) is 12.7 Å². The smallest absolute Gasteiger partial charge is 0.418 e. The van der Waals surface area contributed by atoms with E-state index in [4.69, 9.17) is 4.42 Å². The first-order chi connectivity index (χ1) is 13.8. The van der Waals surface area contributed by atoms with Crippen LogP contribution in [0.2, 0.25) is 0 Å². The zero-order valence-electron chi connectivity index (χ0n) is 14.5. The Bertz CT molecular complexity index is 1230. The van der Waals surface area contributed by atoms with Crippen molar-refractivity contribution in [3.63, 3.8) is 0 Å². The number of fused-ring (bicyclic) bond motifs is 1. The summed E-state index contributed by atoms with van der Waals surface area (Å²) in [5.74, 6) is -0.751. The first-order valence-electron chi connectivity index (χ1n) is 8.25. The van der Waals surface area contributed by atoms with Crippen LogP contribution in [0.1, 0.15) is 21.7 Å². The SMILES string of the molecule is O=C(NCc1cocn1)c1cc(=O)c2cc(-c3cn[nH]c3)cc(C(F)(F)F)c2[nH]1. The van der Waals surface area contributed by atoms with Gasteiger partial charge in [0.1, 0.15) is 12.0 Å². The van der Waals surface area contributed by atoms with Gasteiger partial charge in [-0.15, -0.1) is 0 Å². The van der Waals surface area contributed by atoms with Crippen LogP contribution < -0.4 is 10.7 Å². The molecule has 148 valence electrons. The Morgan fingerprint density at radius 2 is 2.03 bits per heavy atom. The number of H-pyrrole nitrogens is 2. The molecule has 1 aromatic carbocycles. The van der Waals surface area contributed by atoms with Gasteiger partial charge in [0, 0.05) is 23.2 Å². The predicted molar refractivity (Wildman–Crippen MR) is 94.8 cm³/mol. The lowest BCUT2D eigenvalue weighted by Gasteiger charge is -2.13. The zero-order valence-corrected chi connectivity index (χ0v) is 14.5. The van der Waals surface area contributed by atoms with Crippen molar-refractivity contribution in [1.82, 2.24) is 25.5 Å². The molecule has 0 bridgehead atoms. The van der Waals surface area contributed by atoms with Gasteiger partial charge in [-0.05, 0) is 17.7 Å². The van der Waals surface area contributed by atoms with Gasteiger partial charge in [0.25, 0.3) is 5.91 Å². The summed E-state index contributed by atoms with van der Waals surface area (Å²) in [6, 6.07) is 3.19. The first-order valence-corrected chi connectivity index (χ1v) is 8.25. The number of benzene rings is 1. The minimum Gasteiger partial charge on any atom is -0.451 e. The van der Waals surface area contributed by atoms with E-state index >= 15 is 0 Å². The second-order valence-corrected chi connectivity index (χ2v) is 6.14. The molecule has 29 heavy (non-hydrogen) atoms. The lowest BCUT2D eigenvalue weighted by atomic mass is 10.0. The topological polar surface area (TPSA) is 117 Å². The molecule has 11 heteroatoms. The van der Waals surface area contributed by atoms with E-state index in [0.717, 1.165) is 12.1 Å². The standard InChI is InChI=1S/C18H12F3N5O3/c19-18(20,21)13-2-9(10-4-24-25-5-10)1-12-15(27)3-14(26-16(12)13)17(28)22-6-11-7-29-8-23-11/h1-5,7-8H,6H2,(H,22,28)(H,24,25)(H,26,27). The van der Waals surface area contributed by atoms with Gasteiger partial charge >= 0.3 is 6.18 Å². The summed E-state index contributed by atoms with van der Waals surface area (Å²) in [6.07, 6.45) is 0.494. The van der Waals surface area contributed by atoms with E-state index in [0.29, 0.717) is 11.3 Å². The molecule has 4 rings (SSSR count). The van der Waals surface area contributed by atoms with Crippen molar-refractivity contribution in [2.24, 2.45) is 0 Å². The molecule has 0 aliphatic carbocycles. The summed E-state index contributed by atoms with van der Waals surface area (Å²) in [4.78, 5) is 31.1. The van der Waals surface area contributed by atoms with E-state index in [1.807, 2.05) is 0 Å². The molecule has 8 nitrogen and oxygen atoms in total. The van der Waals surface area contributed by atoms with E-state index in [1.165, 1.54) is 31.1 Å². The molecule has 3 N–H and O–H groups in total. The molecule has 0 unspecified atom stereocenters. The summed E-state index contributed by atoms with van der Waals surface area (Å²) in [6.45, 7) is -0.0129. The van der Waals surface area contributed by atoms with Crippen molar-refractivity contribution in [2.75, 3.05) is 0 Å². The van der Waals surface area contributed by atoms with Gasteiger partial charge < -0.3 is 14.7 Å². The molecule has 3 aromatic heterocycles. The number of carbonyl (C=O) groups excluding carboxylic acids is 1. The molecule has 0 aliphatic rings. The molecule has 0 radical (unpaired) electrons. The molecule has 0 saturated carbocycles. The maximum Gasteiger partial charge on any atom is 0.418 e. The Balaban J connectivity index is 1.81. The lowest BCUT2D eigenvalue weighted by Crippen LogP contribution is -2.25. The van der Waals surface area contributed by atoms with Crippen molar-refractivity contribution in [1.29, 1.82) is 0 Å². The molecule has 1 amide bonds. The van der Waals surface area contributed by atoms with Crippen molar-refractivity contribution in [3.8, 4) is 11.1 Å². The number of rotatable bonds is 4. The number of amides is 1.